The predicted octanol–water partition coefficient (Wildman–Crippen LogP) is 5.61. The van der Waals surface area contributed by atoms with Gasteiger partial charge in [0.05, 0.1) is 11.4 Å². The van der Waals surface area contributed by atoms with Gasteiger partial charge in [0.15, 0.2) is 10.8 Å². The van der Waals surface area contributed by atoms with Crippen molar-refractivity contribution in [3.63, 3.8) is 0 Å². The molecule has 2 aromatic carbocycles. The molecule has 1 saturated heterocycles. The lowest BCUT2D eigenvalue weighted by Crippen LogP contribution is -2.32. The molecule has 1 aromatic heterocycles. The summed E-state index contributed by atoms with van der Waals surface area (Å²) in [6.07, 6.45) is -1.79. The first kappa shape index (κ1) is 23.9. The van der Waals surface area contributed by atoms with Crippen LogP contribution in [0.4, 0.5) is 35.9 Å². The Hall–Kier alpha value is -3.25. The van der Waals surface area contributed by atoms with Crippen LogP contribution in [-0.4, -0.2) is 33.7 Å². The number of hydrogen-bond acceptors (Lipinski definition) is 6. The molecule has 3 aromatic rings. The molecule has 0 atom stereocenters. The Balaban J connectivity index is 1.45. The van der Waals surface area contributed by atoms with E-state index < -0.39 is 11.7 Å². The summed E-state index contributed by atoms with van der Waals surface area (Å²) < 4.78 is 45.7. The minimum absolute atomic E-state index is 0.0200. The van der Waals surface area contributed by atoms with Gasteiger partial charge in [-0.05, 0) is 79.4 Å². The molecule has 12 heteroatoms. The SMILES string of the molecule is O=C(Nc1ccc(NC(=S)Nc2cccc(N3CCCCC3)c2C(F)(F)F)cc1)c1csnn1. The maximum absolute atomic E-state index is 14.0. The summed E-state index contributed by atoms with van der Waals surface area (Å²) in [6, 6.07) is 11.1. The molecule has 0 unspecified atom stereocenters. The maximum atomic E-state index is 14.0. The number of nitrogens with zero attached hydrogens (tertiary/aromatic N) is 3. The average Bonchev–Trinajstić information content (AvgIpc) is 3.35. The number of thiocarbonyl (C=S) groups is 1. The van der Waals surface area contributed by atoms with Crippen LogP contribution >= 0.6 is 23.8 Å². The summed E-state index contributed by atoms with van der Waals surface area (Å²) >= 11 is 6.34. The van der Waals surface area contributed by atoms with Crippen LogP contribution in [-0.2, 0) is 6.18 Å². The van der Waals surface area contributed by atoms with Gasteiger partial charge in [0, 0.05) is 29.8 Å². The highest BCUT2D eigenvalue weighted by atomic mass is 32.1. The largest absolute Gasteiger partial charge is 0.420 e. The van der Waals surface area contributed by atoms with E-state index in [4.69, 9.17) is 12.2 Å². The number of carbonyl (C=O) groups is 1. The molecule has 0 saturated carbocycles. The number of hydrogen-bond donors (Lipinski definition) is 3. The Morgan fingerprint density at radius 2 is 1.65 bits per heavy atom. The zero-order valence-electron chi connectivity index (χ0n) is 17.9. The number of piperidine rings is 1. The normalized spacial score (nSPS) is 13.9. The van der Waals surface area contributed by atoms with Crippen LogP contribution in [0.25, 0.3) is 0 Å². The van der Waals surface area contributed by atoms with Gasteiger partial charge in [0.1, 0.15) is 5.56 Å². The van der Waals surface area contributed by atoms with E-state index >= 15 is 0 Å². The average molecular weight is 507 g/mol. The van der Waals surface area contributed by atoms with Gasteiger partial charge in [-0.3, -0.25) is 4.79 Å². The predicted molar refractivity (Wildman–Crippen MR) is 132 cm³/mol. The number of halogens is 3. The molecule has 0 bridgehead atoms. The van der Waals surface area contributed by atoms with Crippen LogP contribution in [0.3, 0.4) is 0 Å². The van der Waals surface area contributed by atoms with E-state index in [2.05, 4.69) is 25.5 Å². The van der Waals surface area contributed by atoms with Crippen LogP contribution in [0.15, 0.2) is 47.8 Å². The first-order valence-corrected chi connectivity index (χ1v) is 11.8. The van der Waals surface area contributed by atoms with E-state index in [0.29, 0.717) is 24.5 Å². The van der Waals surface area contributed by atoms with Crippen molar-refractivity contribution in [3.8, 4) is 0 Å². The molecule has 0 spiro atoms. The Kier molecular flexibility index (Phi) is 7.27. The van der Waals surface area contributed by atoms with Crippen LogP contribution in [0.2, 0.25) is 0 Å². The second-order valence-electron chi connectivity index (χ2n) is 7.65. The molecule has 0 radical (unpaired) electrons. The minimum Gasteiger partial charge on any atom is -0.371 e. The third-order valence-electron chi connectivity index (χ3n) is 5.26. The third-order valence-corrected chi connectivity index (χ3v) is 5.97. The molecule has 178 valence electrons. The molecule has 1 amide bonds. The summed E-state index contributed by atoms with van der Waals surface area (Å²) in [5.74, 6) is -0.389. The second kappa shape index (κ2) is 10.3. The molecule has 0 aliphatic carbocycles. The Bertz CT molecular complexity index is 1150. The van der Waals surface area contributed by atoms with Crippen molar-refractivity contribution >= 4 is 57.5 Å². The highest BCUT2D eigenvalue weighted by Crippen LogP contribution is 2.42. The molecule has 1 aliphatic rings. The molecule has 1 aliphatic heterocycles. The molecular formula is C22H21F3N6OS2. The topological polar surface area (TPSA) is 82.2 Å². The molecule has 2 heterocycles. The van der Waals surface area contributed by atoms with E-state index in [1.54, 1.807) is 35.2 Å². The number of aromatic nitrogens is 2. The lowest BCUT2D eigenvalue weighted by atomic mass is 10.1. The number of rotatable bonds is 5. The zero-order valence-corrected chi connectivity index (χ0v) is 19.5. The van der Waals surface area contributed by atoms with E-state index in [0.717, 1.165) is 30.8 Å². The zero-order chi connectivity index (χ0) is 24.1. The number of anilines is 4. The maximum Gasteiger partial charge on any atom is 0.420 e. The molecule has 4 rings (SSSR count). The number of benzene rings is 2. The summed E-state index contributed by atoms with van der Waals surface area (Å²) in [7, 11) is 0. The fraction of sp³-hybridized carbons (Fsp3) is 0.273. The molecule has 3 N–H and O–H groups in total. The molecule has 7 nitrogen and oxygen atoms in total. The van der Waals surface area contributed by atoms with Crippen molar-refractivity contribution in [3.05, 3.63) is 59.1 Å². The quantitative estimate of drug-likeness (QED) is 0.388. The first-order valence-electron chi connectivity index (χ1n) is 10.5. The van der Waals surface area contributed by atoms with Gasteiger partial charge in [-0.25, -0.2) is 0 Å². The molecular weight excluding hydrogens is 485 g/mol. The number of carbonyl (C=O) groups excluding carboxylic acids is 1. The van der Waals surface area contributed by atoms with Crippen molar-refractivity contribution in [1.82, 2.24) is 9.59 Å². The first-order chi connectivity index (χ1) is 16.3. The summed E-state index contributed by atoms with van der Waals surface area (Å²) in [4.78, 5) is 13.8. The van der Waals surface area contributed by atoms with Crippen molar-refractivity contribution in [1.29, 1.82) is 0 Å². The van der Waals surface area contributed by atoms with Crippen LogP contribution in [0.5, 0.6) is 0 Å². The Morgan fingerprint density at radius 1 is 0.971 bits per heavy atom. The van der Waals surface area contributed by atoms with Gasteiger partial charge in [0.25, 0.3) is 5.91 Å². The lowest BCUT2D eigenvalue weighted by molar-refractivity contribution is -0.136. The van der Waals surface area contributed by atoms with Gasteiger partial charge in [-0.2, -0.15) is 13.2 Å². The standard InChI is InChI=1S/C22H21F3N6OS2/c23-22(24,25)19-16(5-4-6-18(19)31-11-2-1-3-12-31)28-21(33)27-15-9-7-14(8-10-15)26-20(32)17-13-34-30-29-17/h4-10,13H,1-3,11-12H2,(H,26,32)(H2,27,28,33). The van der Waals surface area contributed by atoms with E-state index in [9.17, 15) is 18.0 Å². The van der Waals surface area contributed by atoms with Crippen molar-refractivity contribution in [2.75, 3.05) is 33.9 Å². The number of amides is 1. The highest BCUT2D eigenvalue weighted by molar-refractivity contribution is 7.80. The van der Waals surface area contributed by atoms with E-state index in [1.807, 2.05) is 0 Å². The lowest BCUT2D eigenvalue weighted by Gasteiger charge is -2.32. The number of nitrogens with one attached hydrogen (secondary N) is 3. The summed E-state index contributed by atoms with van der Waals surface area (Å²) in [5, 5.41) is 13.5. The summed E-state index contributed by atoms with van der Waals surface area (Å²) in [5.41, 5.74) is 0.618. The fourth-order valence-corrected chi connectivity index (χ4v) is 4.38. The van der Waals surface area contributed by atoms with Gasteiger partial charge in [0.2, 0.25) is 0 Å². The Labute approximate surface area is 203 Å². The smallest absolute Gasteiger partial charge is 0.371 e. The minimum atomic E-state index is -4.54. The second-order valence-corrected chi connectivity index (χ2v) is 8.66. The van der Waals surface area contributed by atoms with E-state index in [1.165, 1.54) is 17.5 Å². The van der Waals surface area contributed by atoms with Gasteiger partial charge >= 0.3 is 6.18 Å². The van der Waals surface area contributed by atoms with Gasteiger partial charge in [-0.1, -0.05) is 10.6 Å². The highest BCUT2D eigenvalue weighted by Gasteiger charge is 2.38. The third kappa shape index (κ3) is 5.81. The molecule has 1 fully saturated rings. The van der Waals surface area contributed by atoms with Crippen LogP contribution < -0.4 is 20.9 Å². The van der Waals surface area contributed by atoms with Gasteiger partial charge < -0.3 is 20.9 Å². The van der Waals surface area contributed by atoms with Crippen LogP contribution in [0.1, 0.15) is 35.3 Å². The van der Waals surface area contributed by atoms with Crippen molar-refractivity contribution in [2.45, 2.75) is 25.4 Å². The van der Waals surface area contributed by atoms with Crippen LogP contribution in [0, 0.1) is 0 Å². The Morgan fingerprint density at radius 3 is 2.26 bits per heavy atom. The fourth-order valence-electron chi connectivity index (χ4n) is 3.72. The van der Waals surface area contributed by atoms with Gasteiger partial charge in [-0.15, -0.1) is 5.10 Å². The van der Waals surface area contributed by atoms with Crippen molar-refractivity contribution < 1.29 is 18.0 Å². The monoisotopic (exact) mass is 506 g/mol. The number of alkyl halides is 3. The summed E-state index contributed by atoms with van der Waals surface area (Å²) in [6.45, 7) is 1.19. The van der Waals surface area contributed by atoms with Crippen molar-refractivity contribution in [2.24, 2.45) is 0 Å². The van der Waals surface area contributed by atoms with E-state index in [-0.39, 0.29) is 28.1 Å². The molecule has 34 heavy (non-hydrogen) atoms.